The summed E-state index contributed by atoms with van der Waals surface area (Å²) in [4.78, 5) is 15.5. The Kier molecular flexibility index (Phi) is 9.50. The lowest BCUT2D eigenvalue weighted by atomic mass is 9.81. The molecule has 0 bridgehead atoms. The molecule has 1 saturated carbocycles. The molecule has 2 aromatic rings. The highest BCUT2D eigenvalue weighted by atomic mass is 32.2. The van der Waals surface area contributed by atoms with Crippen molar-refractivity contribution in [3.63, 3.8) is 0 Å². The highest BCUT2D eigenvalue weighted by Crippen LogP contribution is 2.33. The van der Waals surface area contributed by atoms with E-state index in [9.17, 15) is 13.2 Å². The maximum atomic E-state index is 13.2. The molecule has 0 unspecified atom stereocenters. The molecule has 2 aromatic carbocycles. The van der Waals surface area contributed by atoms with E-state index in [0.29, 0.717) is 22.8 Å². The first kappa shape index (κ1) is 28.6. The van der Waals surface area contributed by atoms with Crippen LogP contribution in [0.25, 0.3) is 0 Å². The Hall–Kier alpha value is -2.42. The van der Waals surface area contributed by atoms with E-state index in [0.717, 1.165) is 32.2 Å². The van der Waals surface area contributed by atoms with Crippen LogP contribution in [0.3, 0.4) is 0 Å². The van der Waals surface area contributed by atoms with Gasteiger partial charge in [0.25, 0.3) is 0 Å². The summed E-state index contributed by atoms with van der Waals surface area (Å²) in [5.74, 6) is 1.08. The lowest BCUT2D eigenvalue weighted by Gasteiger charge is -2.30. The van der Waals surface area contributed by atoms with Gasteiger partial charge in [-0.05, 0) is 106 Å². The maximum absolute atomic E-state index is 13.2. The lowest BCUT2D eigenvalue weighted by Crippen LogP contribution is -2.39. The third kappa shape index (κ3) is 6.96. The Morgan fingerprint density at radius 1 is 1.03 bits per heavy atom. The second kappa shape index (κ2) is 12.6. The first-order chi connectivity index (χ1) is 18.2. The molecule has 0 radical (unpaired) electrons. The minimum absolute atomic E-state index is 0.0926. The van der Waals surface area contributed by atoms with Crippen molar-refractivity contribution in [2.45, 2.75) is 82.2 Å². The van der Waals surface area contributed by atoms with Gasteiger partial charge in [0.2, 0.25) is 15.9 Å². The molecule has 4 rings (SSSR count). The number of sulfonamides is 1. The van der Waals surface area contributed by atoms with Gasteiger partial charge in [0.15, 0.2) is 0 Å². The zero-order valence-electron chi connectivity index (χ0n) is 23.3. The van der Waals surface area contributed by atoms with Gasteiger partial charge in [-0.1, -0.05) is 24.3 Å². The Morgan fingerprint density at radius 2 is 1.63 bits per heavy atom. The summed E-state index contributed by atoms with van der Waals surface area (Å²) < 4.78 is 32.9. The van der Waals surface area contributed by atoms with Crippen LogP contribution in [0.2, 0.25) is 0 Å². The third-order valence-electron chi connectivity index (χ3n) is 8.14. The zero-order valence-corrected chi connectivity index (χ0v) is 24.1. The van der Waals surface area contributed by atoms with Gasteiger partial charge in [-0.25, -0.2) is 12.7 Å². The molecule has 208 valence electrons. The van der Waals surface area contributed by atoms with E-state index in [1.165, 1.54) is 48.4 Å². The van der Waals surface area contributed by atoms with Crippen LogP contribution in [-0.4, -0.2) is 63.4 Å². The topological polar surface area (TPSA) is 79.0 Å². The molecular weight excluding hydrogens is 498 g/mol. The first-order valence-electron chi connectivity index (χ1n) is 13.9. The number of carbonyl (C=O) groups is 1. The van der Waals surface area contributed by atoms with E-state index in [1.54, 1.807) is 33.1 Å². The van der Waals surface area contributed by atoms with Crippen LogP contribution in [0.15, 0.2) is 41.3 Å². The molecule has 0 aromatic heterocycles. The van der Waals surface area contributed by atoms with Crippen molar-refractivity contribution in [3.8, 4) is 5.75 Å². The molecule has 1 aliphatic carbocycles. The van der Waals surface area contributed by atoms with Gasteiger partial charge in [-0.3, -0.25) is 9.69 Å². The Morgan fingerprint density at radius 3 is 2.21 bits per heavy atom. The number of hydrogen-bond donors (Lipinski definition) is 1. The van der Waals surface area contributed by atoms with Crippen LogP contribution in [0, 0.1) is 13.8 Å². The fraction of sp³-hybridized carbons (Fsp3) is 0.567. The molecule has 0 atom stereocenters. The average Bonchev–Trinajstić information content (AvgIpc) is 3.40. The minimum atomic E-state index is -3.71. The van der Waals surface area contributed by atoms with E-state index in [1.807, 2.05) is 0 Å². The number of amides is 1. The van der Waals surface area contributed by atoms with E-state index in [-0.39, 0.29) is 29.8 Å². The number of rotatable bonds is 10. The quantitative estimate of drug-likeness (QED) is 0.469. The van der Waals surface area contributed by atoms with E-state index in [2.05, 4.69) is 34.5 Å². The van der Waals surface area contributed by atoms with Crippen LogP contribution in [0.4, 0.5) is 0 Å². The van der Waals surface area contributed by atoms with Crippen molar-refractivity contribution in [2.24, 2.45) is 0 Å². The number of methoxy groups -OCH3 is 1. The molecule has 2 fully saturated rings. The van der Waals surface area contributed by atoms with Crippen LogP contribution < -0.4 is 10.1 Å². The van der Waals surface area contributed by atoms with Crippen molar-refractivity contribution < 1.29 is 17.9 Å². The van der Waals surface area contributed by atoms with Crippen molar-refractivity contribution in [2.75, 3.05) is 33.8 Å². The lowest BCUT2D eigenvalue weighted by molar-refractivity contribution is -0.122. The first-order valence-corrected chi connectivity index (χ1v) is 15.3. The largest absolute Gasteiger partial charge is 0.497 e. The van der Waals surface area contributed by atoms with Crippen LogP contribution >= 0.6 is 0 Å². The van der Waals surface area contributed by atoms with Crippen molar-refractivity contribution in [1.82, 2.24) is 14.5 Å². The summed E-state index contributed by atoms with van der Waals surface area (Å²) in [6.07, 6.45) is 6.78. The van der Waals surface area contributed by atoms with Gasteiger partial charge < -0.3 is 10.1 Å². The molecule has 1 aliphatic heterocycles. The van der Waals surface area contributed by atoms with Crippen molar-refractivity contribution in [3.05, 3.63) is 58.7 Å². The number of hydrogen-bond acceptors (Lipinski definition) is 5. The molecule has 38 heavy (non-hydrogen) atoms. The average molecular weight is 542 g/mol. The summed E-state index contributed by atoms with van der Waals surface area (Å²) >= 11 is 0. The number of nitrogens with zero attached hydrogens (tertiary/aromatic N) is 2. The number of nitrogens with one attached hydrogen (secondary N) is 1. The molecule has 1 saturated heterocycles. The summed E-state index contributed by atoms with van der Waals surface area (Å²) in [5.41, 5.74) is 4.06. The normalized spacial score (nSPS) is 20.6. The number of aryl methyl sites for hydroxylation is 2. The van der Waals surface area contributed by atoms with Gasteiger partial charge >= 0.3 is 0 Å². The SMILES string of the molecule is COc1cc(C)c(S(=O)(=O)N(C)CCC(=O)N[C@H]2CC[C@H](c3ccc(CN4CCCC4)cc3)CC2)c(C)c1. The minimum Gasteiger partial charge on any atom is -0.497 e. The smallest absolute Gasteiger partial charge is 0.243 e. The van der Waals surface area contributed by atoms with Gasteiger partial charge in [0, 0.05) is 32.6 Å². The highest BCUT2D eigenvalue weighted by Gasteiger charge is 2.27. The molecule has 7 nitrogen and oxygen atoms in total. The summed E-state index contributed by atoms with van der Waals surface area (Å²) in [6.45, 7) is 7.15. The Bertz CT molecular complexity index is 1180. The van der Waals surface area contributed by atoms with Gasteiger partial charge in [-0.2, -0.15) is 0 Å². The summed E-state index contributed by atoms with van der Waals surface area (Å²) in [7, 11) is -0.610. The second-order valence-electron chi connectivity index (χ2n) is 11.0. The molecule has 1 N–H and O–H groups in total. The molecule has 0 spiro atoms. The number of likely N-dealkylation sites (tertiary alicyclic amines) is 1. The van der Waals surface area contributed by atoms with E-state index >= 15 is 0 Å². The Balaban J connectivity index is 1.23. The van der Waals surface area contributed by atoms with Gasteiger partial charge in [0.1, 0.15) is 5.75 Å². The van der Waals surface area contributed by atoms with Crippen LogP contribution in [0.1, 0.15) is 73.1 Å². The van der Waals surface area contributed by atoms with Gasteiger partial charge in [0.05, 0.1) is 12.0 Å². The second-order valence-corrected chi connectivity index (χ2v) is 13.0. The zero-order chi connectivity index (χ0) is 27.3. The molecule has 8 heteroatoms. The molecule has 1 heterocycles. The van der Waals surface area contributed by atoms with Crippen molar-refractivity contribution >= 4 is 15.9 Å². The standard InChI is InChI=1S/C30H43N3O4S/c1-22-19-28(37-4)20-23(2)30(22)38(35,36)32(3)18-15-29(34)31-27-13-11-26(12-14-27)25-9-7-24(8-10-25)21-33-16-5-6-17-33/h7-10,19-20,26-27H,5-6,11-18,21H2,1-4H3,(H,31,34)/t26-,27-. The summed E-state index contributed by atoms with van der Waals surface area (Å²) in [5, 5.41) is 3.14. The predicted molar refractivity (Wildman–Crippen MR) is 151 cm³/mol. The maximum Gasteiger partial charge on any atom is 0.243 e. The third-order valence-corrected chi connectivity index (χ3v) is 10.3. The summed E-state index contributed by atoms with van der Waals surface area (Å²) in [6, 6.07) is 12.7. The van der Waals surface area contributed by atoms with Crippen LogP contribution in [-0.2, 0) is 21.4 Å². The molecule has 1 amide bonds. The van der Waals surface area contributed by atoms with Crippen LogP contribution in [0.5, 0.6) is 5.75 Å². The fourth-order valence-corrected chi connectivity index (χ4v) is 7.51. The predicted octanol–water partition coefficient (Wildman–Crippen LogP) is 4.76. The van der Waals surface area contributed by atoms with E-state index < -0.39 is 10.0 Å². The molecule has 2 aliphatic rings. The van der Waals surface area contributed by atoms with Crippen molar-refractivity contribution in [1.29, 1.82) is 0 Å². The fourth-order valence-electron chi connectivity index (χ4n) is 5.94. The van der Waals surface area contributed by atoms with Gasteiger partial charge in [-0.15, -0.1) is 0 Å². The number of benzene rings is 2. The number of carbonyl (C=O) groups excluding carboxylic acids is 1. The van der Waals surface area contributed by atoms with E-state index in [4.69, 9.17) is 4.74 Å². The highest BCUT2D eigenvalue weighted by molar-refractivity contribution is 7.89. The number of ether oxygens (including phenoxy) is 1. The molecular formula is C30H43N3O4S. The monoisotopic (exact) mass is 541 g/mol. The Labute approximate surface area is 228 Å².